The summed E-state index contributed by atoms with van der Waals surface area (Å²) in [6.07, 6.45) is 8.99. The first kappa shape index (κ1) is 19.3. The topological polar surface area (TPSA) is 75.8 Å². The van der Waals surface area contributed by atoms with Gasteiger partial charge in [-0.25, -0.2) is 4.99 Å². The van der Waals surface area contributed by atoms with Crippen LogP contribution in [0.15, 0.2) is 47.3 Å². The Morgan fingerprint density at radius 2 is 2.15 bits per heavy atom. The van der Waals surface area contributed by atoms with Gasteiger partial charge in [0.15, 0.2) is 11.7 Å². The number of nitrogens with two attached hydrogens (primary N) is 1. The Balaban J connectivity index is 2.03. The van der Waals surface area contributed by atoms with E-state index in [9.17, 15) is 9.59 Å². The summed E-state index contributed by atoms with van der Waals surface area (Å²) in [4.78, 5) is 31.5. The summed E-state index contributed by atoms with van der Waals surface area (Å²) in [5, 5.41) is 2.03. The van der Waals surface area contributed by atoms with E-state index in [0.717, 1.165) is 28.9 Å². The summed E-state index contributed by atoms with van der Waals surface area (Å²) in [7, 11) is 1.69. The van der Waals surface area contributed by atoms with Crippen LogP contribution in [0.3, 0.4) is 0 Å². The summed E-state index contributed by atoms with van der Waals surface area (Å²) in [6.45, 7) is 7.28. The first-order chi connectivity index (χ1) is 12.8. The highest BCUT2D eigenvalue weighted by atomic mass is 32.1. The van der Waals surface area contributed by atoms with Crippen molar-refractivity contribution in [2.75, 3.05) is 7.05 Å². The number of hydrogen-bond acceptors (Lipinski definition) is 5. The van der Waals surface area contributed by atoms with Gasteiger partial charge < -0.3 is 5.73 Å². The molecule has 5 nitrogen and oxygen atoms in total. The zero-order valence-corrected chi connectivity index (χ0v) is 16.8. The van der Waals surface area contributed by atoms with Crippen molar-refractivity contribution in [2.45, 2.75) is 32.2 Å². The molecule has 1 fully saturated rings. The number of rotatable bonds is 6. The molecule has 2 atom stereocenters. The number of carbonyl (C=O) groups excluding carboxylic acids is 2. The number of amides is 1. The molecule has 1 aromatic heterocycles. The second kappa shape index (κ2) is 7.27. The Hall–Kier alpha value is -2.47. The van der Waals surface area contributed by atoms with Crippen LogP contribution in [0.5, 0.6) is 0 Å². The molecule has 27 heavy (non-hydrogen) atoms. The third-order valence-corrected chi connectivity index (χ3v) is 6.37. The van der Waals surface area contributed by atoms with Crippen LogP contribution in [0.1, 0.15) is 37.1 Å². The van der Waals surface area contributed by atoms with Gasteiger partial charge in [0.05, 0.1) is 5.92 Å². The zero-order valence-electron chi connectivity index (χ0n) is 15.9. The molecule has 0 unspecified atom stereocenters. The van der Waals surface area contributed by atoms with Crippen LogP contribution in [-0.4, -0.2) is 29.6 Å². The minimum Gasteiger partial charge on any atom is -0.369 e. The van der Waals surface area contributed by atoms with Crippen molar-refractivity contribution in [3.8, 4) is 0 Å². The molecule has 2 N–H and O–H groups in total. The number of hydrogen-bond donors (Lipinski definition) is 1. The van der Waals surface area contributed by atoms with Crippen molar-refractivity contribution in [1.29, 1.82) is 0 Å². The average Bonchev–Trinajstić information content (AvgIpc) is 3.30. The fourth-order valence-electron chi connectivity index (χ4n) is 3.58. The van der Waals surface area contributed by atoms with E-state index < -0.39 is 5.54 Å². The number of thiophene rings is 1. The molecule has 0 aromatic carbocycles. The summed E-state index contributed by atoms with van der Waals surface area (Å²) >= 11 is 1.57. The molecule has 1 aromatic rings. The summed E-state index contributed by atoms with van der Waals surface area (Å²) in [5.74, 6) is 0.446. The highest BCUT2D eigenvalue weighted by Crippen LogP contribution is 2.51. The van der Waals surface area contributed by atoms with E-state index in [2.05, 4.69) is 12.6 Å². The molecule has 1 aliphatic carbocycles. The molecule has 6 heteroatoms. The Labute approximate surface area is 164 Å². The third-order valence-electron chi connectivity index (χ3n) is 5.21. The predicted octanol–water partition coefficient (Wildman–Crippen LogP) is 3.49. The van der Waals surface area contributed by atoms with Crippen LogP contribution < -0.4 is 5.73 Å². The maximum absolute atomic E-state index is 12.9. The predicted molar refractivity (Wildman–Crippen MR) is 110 cm³/mol. The Kier molecular flexibility index (Phi) is 5.20. The van der Waals surface area contributed by atoms with Crippen molar-refractivity contribution in [1.82, 2.24) is 4.90 Å². The van der Waals surface area contributed by atoms with Gasteiger partial charge in [-0.1, -0.05) is 24.8 Å². The minimum absolute atomic E-state index is 0.0144. The van der Waals surface area contributed by atoms with E-state index in [0.29, 0.717) is 5.92 Å². The first-order valence-corrected chi connectivity index (χ1v) is 9.89. The zero-order chi connectivity index (χ0) is 19.8. The van der Waals surface area contributed by atoms with E-state index in [1.807, 2.05) is 18.4 Å². The van der Waals surface area contributed by atoms with Crippen molar-refractivity contribution < 1.29 is 9.59 Å². The van der Waals surface area contributed by atoms with E-state index in [4.69, 9.17) is 10.7 Å². The molecule has 1 saturated carbocycles. The van der Waals surface area contributed by atoms with Crippen molar-refractivity contribution >= 4 is 34.6 Å². The number of carbonyl (C=O) groups is 2. The monoisotopic (exact) mass is 383 g/mol. The number of nitrogens with zero attached hydrogens (tertiary/aromatic N) is 2. The SMILES string of the molecule is C=C/C=C(\C=C/C(C)=O)c1csc([C@@]2(C)N=C(N)N(C)C(=O)[C@@H]2C2CC2)c1. The van der Waals surface area contributed by atoms with E-state index in [1.165, 1.54) is 17.9 Å². The second-order valence-electron chi connectivity index (χ2n) is 7.33. The summed E-state index contributed by atoms with van der Waals surface area (Å²) < 4.78 is 0. The Morgan fingerprint density at radius 3 is 2.74 bits per heavy atom. The van der Waals surface area contributed by atoms with Gasteiger partial charge in [-0.15, -0.1) is 11.3 Å². The molecule has 0 bridgehead atoms. The van der Waals surface area contributed by atoms with Crippen LogP contribution in [0.2, 0.25) is 0 Å². The van der Waals surface area contributed by atoms with Crippen LogP contribution >= 0.6 is 11.3 Å². The highest BCUT2D eigenvalue weighted by Gasteiger charge is 2.53. The largest absolute Gasteiger partial charge is 0.369 e. The molecule has 0 saturated heterocycles. The van der Waals surface area contributed by atoms with Crippen LogP contribution in [-0.2, 0) is 15.1 Å². The van der Waals surface area contributed by atoms with Crippen molar-refractivity contribution in [3.05, 3.63) is 52.8 Å². The summed E-state index contributed by atoms with van der Waals surface area (Å²) in [5.41, 5.74) is 7.25. The number of guanidine groups is 1. The van der Waals surface area contributed by atoms with Crippen molar-refractivity contribution in [3.63, 3.8) is 0 Å². The quantitative estimate of drug-likeness (QED) is 0.603. The van der Waals surface area contributed by atoms with E-state index in [-0.39, 0.29) is 23.6 Å². The number of aliphatic imine (C=N–C) groups is 1. The molecule has 1 aliphatic heterocycles. The normalized spacial score (nSPS) is 26.4. The first-order valence-electron chi connectivity index (χ1n) is 9.01. The van der Waals surface area contributed by atoms with Gasteiger partial charge in [-0.2, -0.15) is 0 Å². The minimum atomic E-state index is -0.665. The highest BCUT2D eigenvalue weighted by molar-refractivity contribution is 7.10. The van der Waals surface area contributed by atoms with Gasteiger partial charge in [0.2, 0.25) is 5.91 Å². The van der Waals surface area contributed by atoms with Crippen LogP contribution in [0.25, 0.3) is 5.57 Å². The standard InChI is InChI=1S/C21H25N3O2S/c1-5-6-14(8-7-13(2)25)16-11-17(27-12-16)21(3)18(15-9-10-15)19(26)24(4)20(22)23-21/h5-8,11-12,15,18H,1,9-10H2,2-4H3,(H2,22,23)/b8-7-,14-6+/t18-,21+/m0/s1. The fourth-order valence-corrected chi connectivity index (χ4v) is 4.64. The molecule has 142 valence electrons. The molecule has 2 aliphatic rings. The van der Waals surface area contributed by atoms with E-state index >= 15 is 0 Å². The lowest BCUT2D eigenvalue weighted by Crippen LogP contribution is -2.54. The lowest BCUT2D eigenvalue weighted by atomic mass is 9.78. The van der Waals surface area contributed by atoms with Gasteiger partial charge in [0.1, 0.15) is 5.54 Å². The molecule has 0 spiro atoms. The molecule has 2 heterocycles. The van der Waals surface area contributed by atoms with Gasteiger partial charge in [0.25, 0.3) is 0 Å². The Morgan fingerprint density at radius 1 is 1.44 bits per heavy atom. The van der Waals surface area contributed by atoms with Crippen LogP contribution in [0.4, 0.5) is 0 Å². The number of ketones is 1. The Bertz CT molecular complexity index is 876. The van der Waals surface area contributed by atoms with E-state index in [1.54, 1.807) is 30.5 Å². The molecule has 3 rings (SSSR count). The van der Waals surface area contributed by atoms with Gasteiger partial charge >= 0.3 is 0 Å². The lowest BCUT2D eigenvalue weighted by Gasteiger charge is -2.40. The van der Waals surface area contributed by atoms with Gasteiger partial charge in [-0.3, -0.25) is 14.5 Å². The molecular formula is C21H25N3O2S. The summed E-state index contributed by atoms with van der Waals surface area (Å²) in [6, 6.07) is 2.05. The smallest absolute Gasteiger partial charge is 0.235 e. The maximum Gasteiger partial charge on any atom is 0.235 e. The number of allylic oxidation sites excluding steroid dienone is 5. The molecule has 1 amide bonds. The molecular weight excluding hydrogens is 358 g/mol. The lowest BCUT2D eigenvalue weighted by molar-refractivity contribution is -0.135. The van der Waals surface area contributed by atoms with Crippen LogP contribution in [0, 0.1) is 11.8 Å². The maximum atomic E-state index is 12.9. The fraction of sp³-hybridized carbons (Fsp3) is 0.381. The molecule has 0 radical (unpaired) electrons. The average molecular weight is 384 g/mol. The second-order valence-corrected chi connectivity index (χ2v) is 8.24. The third kappa shape index (κ3) is 3.67. The van der Waals surface area contributed by atoms with Crippen molar-refractivity contribution in [2.24, 2.45) is 22.6 Å². The van der Waals surface area contributed by atoms with Gasteiger partial charge in [0, 0.05) is 11.9 Å². The van der Waals surface area contributed by atoms with Gasteiger partial charge in [-0.05, 0) is 61.3 Å².